The Kier molecular flexibility index (Phi) is 5.41. The van der Waals surface area contributed by atoms with Crippen LogP contribution in [0.25, 0.3) is 0 Å². The van der Waals surface area contributed by atoms with Crippen molar-refractivity contribution in [3.8, 4) is 0 Å². The van der Waals surface area contributed by atoms with Crippen molar-refractivity contribution in [2.75, 3.05) is 11.1 Å². The lowest BCUT2D eigenvalue weighted by atomic mass is 9.95. The fraction of sp³-hybridized carbons (Fsp3) is 0.0909. The zero-order chi connectivity index (χ0) is 16.8. The van der Waals surface area contributed by atoms with Crippen LogP contribution in [-0.2, 0) is 4.79 Å². The number of benzene rings is 1. The molecular weight excluding hydrogens is 328 g/mol. The molecule has 2 rings (SSSR count). The second kappa shape index (κ2) is 7.49. The van der Waals surface area contributed by atoms with Crippen LogP contribution in [0.1, 0.15) is 5.69 Å². The van der Waals surface area contributed by atoms with Gasteiger partial charge in [-0.15, -0.1) is 4.91 Å². The molecule has 0 radical (unpaired) electrons. The van der Waals surface area contributed by atoms with E-state index in [-0.39, 0.29) is 28.1 Å². The number of rotatable bonds is 6. The van der Waals surface area contributed by atoms with Gasteiger partial charge in [0.25, 0.3) is 0 Å². The monoisotopic (exact) mass is 337 g/mol. The van der Waals surface area contributed by atoms with Gasteiger partial charge in [-0.3, -0.25) is 4.79 Å². The van der Waals surface area contributed by atoms with Crippen molar-refractivity contribution in [3.63, 3.8) is 0 Å². The number of carboxylic acids is 1. The van der Waals surface area contributed by atoms with Crippen LogP contribution in [0.15, 0.2) is 38.2 Å². The Morgan fingerprint density at radius 2 is 2.26 bits per heavy atom. The zero-order valence-corrected chi connectivity index (χ0v) is 12.5. The largest absolute Gasteiger partial charge is 0.481 e. The molecular formula is C11H9BFN5O4S. The van der Waals surface area contributed by atoms with Gasteiger partial charge in [0.1, 0.15) is 13.7 Å². The van der Waals surface area contributed by atoms with Crippen molar-refractivity contribution >= 4 is 42.6 Å². The number of nitrogens with one attached hydrogen (secondary N) is 1. The van der Waals surface area contributed by atoms with Gasteiger partial charge in [-0.2, -0.15) is 0 Å². The Labute approximate surface area is 133 Å². The molecule has 0 aliphatic rings. The van der Waals surface area contributed by atoms with Crippen LogP contribution in [0.3, 0.4) is 0 Å². The number of hydrogen-bond acceptors (Lipinski definition) is 7. The summed E-state index contributed by atoms with van der Waals surface area (Å²) in [6.07, 6.45) is 0. The molecule has 23 heavy (non-hydrogen) atoms. The lowest BCUT2D eigenvalue weighted by molar-refractivity contribution is -0.133. The molecule has 1 aromatic heterocycles. The Balaban J connectivity index is 2.27. The molecule has 12 heteroatoms. The van der Waals surface area contributed by atoms with E-state index < -0.39 is 5.97 Å². The number of carboxylic acid groups (broad SMARTS) is 1. The number of thioether (sulfide) groups is 1. The molecule has 0 fully saturated rings. The third-order valence-electron chi connectivity index (χ3n) is 2.58. The number of nitrogens with zero attached hydrogens (tertiary/aromatic N) is 4. The van der Waals surface area contributed by atoms with E-state index in [2.05, 4.69) is 30.6 Å². The summed E-state index contributed by atoms with van der Waals surface area (Å²) in [7, 11) is 1.57. The third-order valence-corrected chi connectivity index (χ3v) is 3.51. The minimum atomic E-state index is -1.06. The lowest BCUT2D eigenvalue weighted by Gasteiger charge is -2.07. The molecule has 0 unspecified atom stereocenters. The van der Waals surface area contributed by atoms with Crippen LogP contribution in [0.2, 0.25) is 0 Å². The number of halogens is 1. The molecule has 0 spiro atoms. The highest BCUT2D eigenvalue weighted by atomic mass is 32.2. The third kappa shape index (κ3) is 4.36. The number of nitroso groups, excluding NO2 is 1. The first kappa shape index (κ1) is 16.6. The predicted molar refractivity (Wildman–Crippen MR) is 83.2 cm³/mol. The van der Waals surface area contributed by atoms with Gasteiger partial charge in [-0.05, 0) is 28.5 Å². The SMILES string of the molecule is Bc1cc(N/C(=N\N=O)c2nonc2SCC(=O)O)ccc1F. The van der Waals surface area contributed by atoms with E-state index >= 15 is 0 Å². The average molecular weight is 337 g/mol. The van der Waals surface area contributed by atoms with Gasteiger partial charge in [0, 0.05) is 5.69 Å². The van der Waals surface area contributed by atoms with E-state index in [1.807, 2.05) is 0 Å². The first-order chi connectivity index (χ1) is 11.0. The molecule has 9 nitrogen and oxygen atoms in total. The Hall–Kier alpha value is -2.76. The van der Waals surface area contributed by atoms with Gasteiger partial charge in [0.15, 0.2) is 16.6 Å². The number of carbonyl (C=O) groups is 1. The van der Waals surface area contributed by atoms with Crippen LogP contribution in [-0.4, -0.2) is 40.8 Å². The number of aromatic nitrogens is 2. The molecule has 2 aromatic rings. The van der Waals surface area contributed by atoms with E-state index in [4.69, 9.17) is 5.11 Å². The zero-order valence-electron chi connectivity index (χ0n) is 11.7. The molecule has 0 aliphatic carbocycles. The maximum atomic E-state index is 13.3. The van der Waals surface area contributed by atoms with Crippen LogP contribution in [0, 0.1) is 10.7 Å². The fourth-order valence-electron chi connectivity index (χ4n) is 1.58. The normalized spacial score (nSPS) is 11.3. The van der Waals surface area contributed by atoms with E-state index in [0.29, 0.717) is 11.2 Å². The van der Waals surface area contributed by atoms with Gasteiger partial charge in [0.05, 0.1) is 11.0 Å². The minimum Gasteiger partial charge on any atom is -0.481 e. The molecule has 0 saturated carbocycles. The molecule has 0 bridgehead atoms. The molecule has 0 aliphatic heterocycles. The van der Waals surface area contributed by atoms with Crippen molar-refractivity contribution in [2.45, 2.75) is 5.03 Å². The highest BCUT2D eigenvalue weighted by Crippen LogP contribution is 2.20. The van der Waals surface area contributed by atoms with E-state index in [1.165, 1.54) is 18.2 Å². The second-order valence-corrected chi connectivity index (χ2v) is 5.18. The van der Waals surface area contributed by atoms with Crippen LogP contribution >= 0.6 is 11.8 Å². The molecule has 0 atom stereocenters. The summed E-state index contributed by atoms with van der Waals surface area (Å²) in [6, 6.07) is 4.16. The van der Waals surface area contributed by atoms with Gasteiger partial charge in [-0.1, -0.05) is 22.3 Å². The topological polar surface area (TPSA) is 130 Å². The summed E-state index contributed by atoms with van der Waals surface area (Å²) < 4.78 is 17.8. The van der Waals surface area contributed by atoms with Crippen LogP contribution in [0.5, 0.6) is 0 Å². The lowest BCUT2D eigenvalue weighted by Crippen LogP contribution is -2.17. The quantitative estimate of drug-likeness (QED) is 0.191. The van der Waals surface area contributed by atoms with Gasteiger partial charge < -0.3 is 10.4 Å². The smallest absolute Gasteiger partial charge is 0.313 e. The molecule has 1 aromatic carbocycles. The van der Waals surface area contributed by atoms with Crippen molar-refractivity contribution in [1.29, 1.82) is 0 Å². The number of amidine groups is 1. The predicted octanol–water partition coefficient (Wildman–Crippen LogP) is 0.184. The van der Waals surface area contributed by atoms with Crippen molar-refractivity contribution < 1.29 is 18.9 Å². The summed E-state index contributed by atoms with van der Waals surface area (Å²) in [5.74, 6) is -1.82. The summed E-state index contributed by atoms with van der Waals surface area (Å²) in [4.78, 5) is 21.1. The van der Waals surface area contributed by atoms with Gasteiger partial charge >= 0.3 is 5.97 Å². The maximum absolute atomic E-state index is 13.3. The average Bonchev–Trinajstić information content (AvgIpc) is 2.97. The highest BCUT2D eigenvalue weighted by molar-refractivity contribution is 7.99. The molecule has 0 saturated heterocycles. The van der Waals surface area contributed by atoms with Crippen LogP contribution < -0.4 is 10.8 Å². The van der Waals surface area contributed by atoms with Gasteiger partial charge in [0.2, 0.25) is 0 Å². The molecule has 118 valence electrons. The molecule has 2 N–H and O–H groups in total. The Morgan fingerprint density at radius 3 is 2.91 bits per heavy atom. The fourth-order valence-corrected chi connectivity index (χ4v) is 2.20. The van der Waals surface area contributed by atoms with E-state index in [1.54, 1.807) is 7.85 Å². The van der Waals surface area contributed by atoms with Gasteiger partial charge in [-0.25, -0.2) is 9.02 Å². The Bertz CT molecular complexity index is 769. The highest BCUT2D eigenvalue weighted by Gasteiger charge is 2.19. The van der Waals surface area contributed by atoms with Crippen molar-refractivity contribution in [1.82, 2.24) is 10.3 Å². The molecule has 1 heterocycles. The number of aliphatic carboxylic acids is 1. The second-order valence-electron chi connectivity index (χ2n) is 4.22. The number of hydrogen-bond donors (Lipinski definition) is 2. The summed E-state index contributed by atoms with van der Waals surface area (Å²) in [5, 5.41) is 24.5. The standard InChI is InChI=1S/C11H9BFN5O4S/c12-6-3-5(1-2-7(6)13)14-10(15-18-21)9-11(17-22-16-9)23-4-8(19)20/h1-3H,4,12H2,(H,19,20)(H,14,15,21). The van der Waals surface area contributed by atoms with Crippen molar-refractivity contribution in [2.24, 2.45) is 10.4 Å². The number of anilines is 1. The van der Waals surface area contributed by atoms with Crippen LogP contribution in [0.4, 0.5) is 10.1 Å². The van der Waals surface area contributed by atoms with Crippen molar-refractivity contribution in [3.05, 3.63) is 34.6 Å². The molecule has 0 amide bonds. The summed E-state index contributed by atoms with van der Waals surface area (Å²) in [6.45, 7) is 0. The first-order valence-corrected chi connectivity index (χ1v) is 7.11. The van der Waals surface area contributed by atoms with E-state index in [0.717, 1.165) is 11.8 Å². The minimum absolute atomic E-state index is 0.0258. The summed E-state index contributed by atoms with van der Waals surface area (Å²) in [5.41, 5.74) is 0.841. The Morgan fingerprint density at radius 1 is 1.48 bits per heavy atom. The summed E-state index contributed by atoms with van der Waals surface area (Å²) >= 11 is 0.841. The maximum Gasteiger partial charge on any atom is 0.313 e. The first-order valence-electron chi connectivity index (χ1n) is 6.12. The van der Waals surface area contributed by atoms with E-state index in [9.17, 15) is 14.1 Å².